The molecule has 4 aromatic rings. The van der Waals surface area contributed by atoms with Gasteiger partial charge in [0.05, 0.1) is 23.9 Å². The molecule has 1 fully saturated rings. The lowest BCUT2D eigenvalue weighted by atomic mass is 10.0. The van der Waals surface area contributed by atoms with Crippen LogP contribution >= 0.6 is 0 Å². The molecule has 2 amide bonds. The Morgan fingerprint density at radius 1 is 1.15 bits per heavy atom. The number of methoxy groups -OCH3 is 1. The number of halogens is 1. The molecule has 12 heteroatoms. The second-order valence-electron chi connectivity index (χ2n) is 9.19. The van der Waals surface area contributed by atoms with Crippen molar-refractivity contribution in [3.05, 3.63) is 95.8 Å². The molecular weight excluding hydrogens is 517 g/mol. The first-order valence-corrected chi connectivity index (χ1v) is 12.8. The summed E-state index contributed by atoms with van der Waals surface area (Å²) >= 11 is 0. The van der Waals surface area contributed by atoms with E-state index in [1.807, 2.05) is 49.4 Å². The van der Waals surface area contributed by atoms with Gasteiger partial charge in [-0.3, -0.25) is 15.1 Å². The van der Waals surface area contributed by atoms with Crippen molar-refractivity contribution in [3.63, 3.8) is 0 Å². The van der Waals surface area contributed by atoms with E-state index in [1.165, 1.54) is 12.3 Å². The molecular formula is C28H30FN7O4. The molecule has 1 aliphatic rings. The minimum atomic E-state index is -0.624. The summed E-state index contributed by atoms with van der Waals surface area (Å²) in [5.74, 6) is 0.215. The predicted molar refractivity (Wildman–Crippen MR) is 144 cm³/mol. The number of ether oxygens (including phenoxy) is 2. The van der Waals surface area contributed by atoms with Gasteiger partial charge in [0.2, 0.25) is 11.8 Å². The summed E-state index contributed by atoms with van der Waals surface area (Å²) < 4.78 is 26.7. The largest absolute Gasteiger partial charge is 0.471 e. The van der Waals surface area contributed by atoms with Crippen LogP contribution in [0.25, 0.3) is 5.69 Å². The van der Waals surface area contributed by atoms with Crippen LogP contribution in [0, 0.1) is 12.9 Å². The van der Waals surface area contributed by atoms with E-state index in [2.05, 4.69) is 25.7 Å². The summed E-state index contributed by atoms with van der Waals surface area (Å²) in [4.78, 5) is 27.1. The first kappa shape index (κ1) is 27.2. The van der Waals surface area contributed by atoms with Crippen molar-refractivity contribution in [1.29, 1.82) is 0 Å². The van der Waals surface area contributed by atoms with Crippen LogP contribution in [-0.4, -0.2) is 63.7 Å². The molecule has 0 radical (unpaired) electrons. The zero-order chi connectivity index (χ0) is 27.9. The van der Waals surface area contributed by atoms with Gasteiger partial charge in [-0.05, 0) is 54.4 Å². The van der Waals surface area contributed by atoms with Gasteiger partial charge < -0.3 is 14.8 Å². The molecule has 1 aromatic carbocycles. The van der Waals surface area contributed by atoms with Gasteiger partial charge in [0, 0.05) is 38.8 Å². The number of pyridine rings is 2. The number of carbonyl (C=O) groups excluding carboxylic acids is 1. The standard InChI is InChI=1S/C28H30FN7O4/c1-19-26(36(22-6-4-3-5-7-22)34-27(19)39-18-20-8-11-30-12-9-20)33-28(37)32-23-17-35(14-15-38-2)40-25(23)21-10-13-31-24(29)16-21/h3-13,16,23,25H,14-15,17-18H2,1-2H3,(H2,32,33,37)/t23-,25+/m1/s1. The first-order chi connectivity index (χ1) is 19.5. The van der Waals surface area contributed by atoms with Gasteiger partial charge in [-0.2, -0.15) is 9.45 Å². The Labute approximate surface area is 230 Å². The van der Waals surface area contributed by atoms with Gasteiger partial charge in [-0.15, -0.1) is 5.10 Å². The van der Waals surface area contributed by atoms with Crippen molar-refractivity contribution in [2.24, 2.45) is 0 Å². The average Bonchev–Trinajstić information content (AvgIpc) is 3.52. The molecule has 5 rings (SSSR count). The minimum Gasteiger partial charge on any atom is -0.471 e. The van der Waals surface area contributed by atoms with Crippen LogP contribution in [0.3, 0.4) is 0 Å². The van der Waals surface area contributed by atoms with Crippen molar-refractivity contribution in [2.45, 2.75) is 25.7 Å². The first-order valence-electron chi connectivity index (χ1n) is 12.8. The van der Waals surface area contributed by atoms with Crippen LogP contribution in [0.4, 0.5) is 15.0 Å². The molecule has 0 spiro atoms. The number of nitrogens with zero attached hydrogens (tertiary/aromatic N) is 5. The summed E-state index contributed by atoms with van der Waals surface area (Å²) in [6.45, 7) is 3.43. The lowest BCUT2D eigenvalue weighted by Crippen LogP contribution is -2.42. The van der Waals surface area contributed by atoms with Crippen molar-refractivity contribution in [3.8, 4) is 11.6 Å². The molecule has 1 aliphatic heterocycles. The number of nitrogens with one attached hydrogen (secondary N) is 2. The van der Waals surface area contributed by atoms with Crippen LogP contribution in [0.1, 0.15) is 22.8 Å². The SMILES string of the molecule is COCCN1C[C@@H](NC(=O)Nc2c(C)c(OCc3ccncc3)nn2-c2ccccc2)[C@H](c2ccnc(F)c2)O1. The minimum absolute atomic E-state index is 0.293. The zero-order valence-corrected chi connectivity index (χ0v) is 22.2. The second-order valence-corrected chi connectivity index (χ2v) is 9.19. The molecule has 3 aromatic heterocycles. The molecule has 0 aliphatic carbocycles. The topological polar surface area (TPSA) is 116 Å². The molecule has 4 heterocycles. The number of carbonyl (C=O) groups is 1. The summed E-state index contributed by atoms with van der Waals surface area (Å²) in [5, 5.41) is 12.3. The van der Waals surface area contributed by atoms with Crippen LogP contribution in [0.5, 0.6) is 5.88 Å². The fourth-order valence-corrected chi connectivity index (χ4v) is 4.40. The predicted octanol–water partition coefficient (Wildman–Crippen LogP) is 3.81. The number of urea groups is 1. The van der Waals surface area contributed by atoms with Gasteiger partial charge in [-0.25, -0.2) is 14.5 Å². The number of amides is 2. The highest BCUT2D eigenvalue weighted by Gasteiger charge is 2.37. The molecule has 11 nitrogen and oxygen atoms in total. The number of rotatable bonds is 10. The summed E-state index contributed by atoms with van der Waals surface area (Å²) in [5.41, 5.74) is 2.91. The number of aromatic nitrogens is 4. The van der Waals surface area contributed by atoms with E-state index in [1.54, 1.807) is 35.3 Å². The van der Waals surface area contributed by atoms with Crippen molar-refractivity contribution < 1.29 is 23.5 Å². The maximum atomic E-state index is 13.9. The van der Waals surface area contributed by atoms with Gasteiger partial charge in [-0.1, -0.05) is 18.2 Å². The molecule has 208 valence electrons. The van der Waals surface area contributed by atoms with Crippen molar-refractivity contribution >= 4 is 11.8 Å². The van der Waals surface area contributed by atoms with E-state index in [4.69, 9.17) is 14.3 Å². The number of hydroxylamine groups is 2. The smallest absolute Gasteiger partial charge is 0.320 e. The number of hydrogen-bond donors (Lipinski definition) is 2. The van der Waals surface area contributed by atoms with E-state index in [0.29, 0.717) is 49.1 Å². The van der Waals surface area contributed by atoms with E-state index in [-0.39, 0.29) is 0 Å². The van der Waals surface area contributed by atoms with Gasteiger partial charge in [0.15, 0.2) is 0 Å². The molecule has 0 saturated carbocycles. The van der Waals surface area contributed by atoms with E-state index in [9.17, 15) is 9.18 Å². The average molecular weight is 548 g/mol. The Morgan fingerprint density at radius 3 is 2.70 bits per heavy atom. The fraction of sp³-hybridized carbons (Fsp3) is 0.286. The van der Waals surface area contributed by atoms with Gasteiger partial charge in [0.25, 0.3) is 0 Å². The van der Waals surface area contributed by atoms with E-state index >= 15 is 0 Å². The van der Waals surface area contributed by atoms with Crippen LogP contribution < -0.4 is 15.4 Å². The maximum absolute atomic E-state index is 13.9. The normalized spacial score (nSPS) is 17.1. The third-order valence-electron chi connectivity index (χ3n) is 6.41. The maximum Gasteiger partial charge on any atom is 0.320 e. The third kappa shape index (κ3) is 6.42. The molecule has 40 heavy (non-hydrogen) atoms. The van der Waals surface area contributed by atoms with Crippen LogP contribution in [0.2, 0.25) is 0 Å². The highest BCUT2D eigenvalue weighted by atomic mass is 19.1. The highest BCUT2D eigenvalue weighted by molar-refractivity contribution is 5.90. The summed E-state index contributed by atoms with van der Waals surface area (Å²) in [7, 11) is 1.60. The number of hydrogen-bond acceptors (Lipinski definition) is 8. The second kappa shape index (κ2) is 12.6. The van der Waals surface area contributed by atoms with Crippen LogP contribution in [-0.2, 0) is 16.2 Å². The van der Waals surface area contributed by atoms with Gasteiger partial charge in [0.1, 0.15) is 18.5 Å². The Bertz CT molecular complexity index is 1420. The third-order valence-corrected chi connectivity index (χ3v) is 6.41. The lowest BCUT2D eigenvalue weighted by molar-refractivity contribution is -0.154. The summed E-state index contributed by atoms with van der Waals surface area (Å²) in [6, 6.07) is 15.2. The number of benzene rings is 1. The molecule has 2 atom stereocenters. The fourth-order valence-electron chi connectivity index (χ4n) is 4.40. The summed E-state index contributed by atoms with van der Waals surface area (Å²) in [6.07, 6.45) is 4.15. The van der Waals surface area contributed by atoms with E-state index in [0.717, 1.165) is 11.3 Å². The molecule has 0 bridgehead atoms. The monoisotopic (exact) mass is 547 g/mol. The Kier molecular flexibility index (Phi) is 8.59. The quantitative estimate of drug-likeness (QED) is 0.288. The Morgan fingerprint density at radius 2 is 1.95 bits per heavy atom. The Hall–Kier alpha value is -4.39. The molecule has 0 unspecified atom stereocenters. The zero-order valence-electron chi connectivity index (χ0n) is 22.2. The van der Waals surface area contributed by atoms with Crippen molar-refractivity contribution in [1.82, 2.24) is 30.1 Å². The van der Waals surface area contributed by atoms with Crippen LogP contribution in [0.15, 0.2) is 73.2 Å². The highest BCUT2D eigenvalue weighted by Crippen LogP contribution is 2.31. The Balaban J connectivity index is 1.36. The van der Waals surface area contributed by atoms with Crippen molar-refractivity contribution in [2.75, 3.05) is 32.1 Å². The molecule has 2 N–H and O–H groups in total. The lowest BCUT2D eigenvalue weighted by Gasteiger charge is -2.19. The number of para-hydroxylation sites is 1. The molecule has 1 saturated heterocycles. The number of anilines is 1. The van der Waals surface area contributed by atoms with E-state index < -0.39 is 24.1 Å². The van der Waals surface area contributed by atoms with Gasteiger partial charge >= 0.3 is 6.03 Å².